The fraction of sp³-hybridized carbons (Fsp3) is 0.192. The van der Waals surface area contributed by atoms with Gasteiger partial charge < -0.3 is 4.90 Å². The Balaban J connectivity index is 1.49. The van der Waals surface area contributed by atoms with Crippen molar-refractivity contribution in [2.75, 3.05) is 6.54 Å². The maximum Gasteiger partial charge on any atom is 0.250 e. The van der Waals surface area contributed by atoms with E-state index in [4.69, 9.17) is 11.6 Å². The van der Waals surface area contributed by atoms with E-state index in [1.54, 1.807) is 0 Å². The zero-order chi connectivity index (χ0) is 19.8. The molecule has 0 N–H and O–H groups in total. The van der Waals surface area contributed by atoms with Crippen LogP contribution in [0.2, 0.25) is 5.02 Å². The van der Waals surface area contributed by atoms with Crippen LogP contribution in [0.5, 0.6) is 0 Å². The number of carbonyl (C=O) groups excluding carboxylic acids is 1. The number of fused-ring (bicyclic) bond motifs is 1. The predicted molar refractivity (Wildman–Crippen MR) is 118 cm³/mol. The summed E-state index contributed by atoms with van der Waals surface area (Å²) in [6, 6.07) is 29.2. The summed E-state index contributed by atoms with van der Waals surface area (Å²) in [5.74, 6) is 0.165. The Labute approximate surface area is 176 Å². The van der Waals surface area contributed by atoms with Crippen molar-refractivity contribution in [3.8, 4) is 0 Å². The number of rotatable bonds is 3. The molecule has 5 rings (SSSR count). The molecule has 144 valence electrons. The lowest BCUT2D eigenvalue weighted by molar-refractivity contribution is -0.125. The molecule has 2 fully saturated rings. The van der Waals surface area contributed by atoms with Gasteiger partial charge in [0.1, 0.15) is 0 Å². The maximum absolute atomic E-state index is 13.2. The number of hydrogen-bond donors (Lipinski definition) is 0. The van der Waals surface area contributed by atoms with Crippen molar-refractivity contribution in [3.05, 3.63) is 112 Å². The molecule has 0 spiro atoms. The van der Waals surface area contributed by atoms with E-state index in [1.807, 2.05) is 30.3 Å². The summed E-state index contributed by atoms with van der Waals surface area (Å²) in [4.78, 5) is 15.3. The molecule has 1 amide bonds. The SMILES string of the molecule is O=C1/C(=C/c2ccc(Cl)cc2)C[C@H]2CC(c3ccccc3)(c3ccccc3)CN12. The normalized spacial score (nSPS) is 21.6. The van der Waals surface area contributed by atoms with Crippen LogP contribution in [0.25, 0.3) is 6.08 Å². The highest BCUT2D eigenvalue weighted by atomic mass is 35.5. The number of halogens is 1. The van der Waals surface area contributed by atoms with Crippen molar-refractivity contribution in [3.63, 3.8) is 0 Å². The lowest BCUT2D eigenvalue weighted by atomic mass is 9.72. The Morgan fingerprint density at radius 3 is 2.00 bits per heavy atom. The molecule has 0 unspecified atom stereocenters. The topological polar surface area (TPSA) is 20.3 Å². The van der Waals surface area contributed by atoms with Crippen molar-refractivity contribution >= 4 is 23.6 Å². The molecule has 3 aromatic rings. The molecule has 2 nitrogen and oxygen atoms in total. The number of hydrogen-bond acceptors (Lipinski definition) is 1. The van der Waals surface area contributed by atoms with Gasteiger partial charge >= 0.3 is 0 Å². The number of amides is 1. The molecule has 3 heteroatoms. The van der Waals surface area contributed by atoms with Crippen LogP contribution >= 0.6 is 11.6 Å². The molecule has 0 bridgehead atoms. The van der Waals surface area contributed by atoms with Crippen LogP contribution in [0.15, 0.2) is 90.5 Å². The maximum atomic E-state index is 13.2. The van der Waals surface area contributed by atoms with Crippen molar-refractivity contribution in [1.82, 2.24) is 4.90 Å². The molecule has 2 aliphatic rings. The van der Waals surface area contributed by atoms with Crippen LogP contribution < -0.4 is 0 Å². The molecule has 29 heavy (non-hydrogen) atoms. The van der Waals surface area contributed by atoms with Gasteiger partial charge in [-0.25, -0.2) is 0 Å². The first kappa shape index (κ1) is 18.2. The van der Waals surface area contributed by atoms with Crippen molar-refractivity contribution in [2.45, 2.75) is 24.3 Å². The van der Waals surface area contributed by atoms with E-state index < -0.39 is 0 Å². The largest absolute Gasteiger partial charge is 0.334 e. The third kappa shape index (κ3) is 3.18. The van der Waals surface area contributed by atoms with Gasteiger partial charge in [-0.05, 0) is 47.7 Å². The molecular weight excluding hydrogens is 378 g/mol. The third-order valence-corrected chi connectivity index (χ3v) is 6.57. The highest BCUT2D eigenvalue weighted by Gasteiger charge is 2.51. The van der Waals surface area contributed by atoms with Crippen molar-refractivity contribution in [2.24, 2.45) is 0 Å². The van der Waals surface area contributed by atoms with E-state index in [0.717, 1.165) is 30.5 Å². The summed E-state index contributed by atoms with van der Waals surface area (Å²) in [5.41, 5.74) is 4.35. The van der Waals surface area contributed by atoms with Gasteiger partial charge in [-0.15, -0.1) is 0 Å². The Morgan fingerprint density at radius 2 is 1.45 bits per heavy atom. The first-order valence-corrected chi connectivity index (χ1v) is 10.4. The average molecular weight is 400 g/mol. The standard InChI is InChI=1S/C26H22ClNO/c27-23-13-11-19(12-14-23)15-20-16-24-17-26(18-28(24)25(20)29,21-7-3-1-4-8-21)22-9-5-2-6-10-22/h1-15,24H,16-18H2/b20-15+/t24-/m0/s1. The van der Waals surface area contributed by atoms with Crippen LogP contribution in [0, 0.1) is 0 Å². The second kappa shape index (κ2) is 7.20. The molecule has 0 aromatic heterocycles. The first-order chi connectivity index (χ1) is 14.2. The van der Waals surface area contributed by atoms with Gasteiger partial charge in [0.25, 0.3) is 0 Å². The molecule has 3 aromatic carbocycles. The second-order valence-corrected chi connectivity index (χ2v) is 8.47. The van der Waals surface area contributed by atoms with Crippen LogP contribution in [0.4, 0.5) is 0 Å². The van der Waals surface area contributed by atoms with Gasteiger partial charge in [-0.2, -0.15) is 0 Å². The minimum absolute atomic E-state index is 0.144. The van der Waals surface area contributed by atoms with E-state index in [-0.39, 0.29) is 17.4 Å². The summed E-state index contributed by atoms with van der Waals surface area (Å²) in [7, 11) is 0. The summed E-state index contributed by atoms with van der Waals surface area (Å²) < 4.78 is 0. The minimum Gasteiger partial charge on any atom is -0.334 e. The zero-order valence-corrected chi connectivity index (χ0v) is 16.8. The third-order valence-electron chi connectivity index (χ3n) is 6.32. The Morgan fingerprint density at radius 1 is 0.862 bits per heavy atom. The second-order valence-electron chi connectivity index (χ2n) is 8.03. The van der Waals surface area contributed by atoms with Crippen LogP contribution in [0.1, 0.15) is 29.5 Å². The highest BCUT2D eigenvalue weighted by Crippen LogP contribution is 2.48. The van der Waals surface area contributed by atoms with Crippen molar-refractivity contribution in [1.29, 1.82) is 0 Å². The number of carbonyl (C=O) groups is 1. The molecule has 1 atom stereocenters. The van der Waals surface area contributed by atoms with Gasteiger partial charge in [-0.3, -0.25) is 4.79 Å². The zero-order valence-electron chi connectivity index (χ0n) is 16.1. The minimum atomic E-state index is -0.144. The monoisotopic (exact) mass is 399 g/mol. The van der Waals surface area contributed by atoms with Gasteiger partial charge in [-0.1, -0.05) is 84.4 Å². The van der Waals surface area contributed by atoms with Crippen LogP contribution in [0.3, 0.4) is 0 Å². The lowest BCUT2D eigenvalue weighted by Gasteiger charge is -2.31. The number of nitrogens with zero attached hydrogens (tertiary/aromatic N) is 1. The fourth-order valence-corrected chi connectivity index (χ4v) is 5.05. The fourth-order valence-electron chi connectivity index (χ4n) is 4.92. The van der Waals surface area contributed by atoms with Crippen molar-refractivity contribution < 1.29 is 4.79 Å². The van der Waals surface area contributed by atoms with Gasteiger partial charge in [0, 0.05) is 28.6 Å². The Bertz CT molecular complexity index is 1020. The average Bonchev–Trinajstić information content (AvgIpc) is 3.28. The van der Waals surface area contributed by atoms with E-state index >= 15 is 0 Å². The molecule has 0 aliphatic carbocycles. The highest BCUT2D eigenvalue weighted by molar-refractivity contribution is 6.30. The van der Waals surface area contributed by atoms with Crippen LogP contribution in [-0.4, -0.2) is 23.4 Å². The smallest absolute Gasteiger partial charge is 0.250 e. The van der Waals surface area contributed by atoms with Gasteiger partial charge in [0.05, 0.1) is 0 Å². The molecular formula is C26H22ClNO. The summed E-state index contributed by atoms with van der Waals surface area (Å²) in [5, 5.41) is 0.709. The Kier molecular flexibility index (Phi) is 4.52. The Hall–Kier alpha value is -2.84. The summed E-state index contributed by atoms with van der Waals surface area (Å²) in [6.45, 7) is 0.725. The summed E-state index contributed by atoms with van der Waals surface area (Å²) in [6.07, 6.45) is 3.76. The molecule has 0 saturated carbocycles. The molecule has 2 heterocycles. The number of benzene rings is 3. The first-order valence-electron chi connectivity index (χ1n) is 10.0. The van der Waals surface area contributed by atoms with Gasteiger partial charge in [0.2, 0.25) is 5.91 Å². The summed E-state index contributed by atoms with van der Waals surface area (Å²) >= 11 is 5.99. The quantitative estimate of drug-likeness (QED) is 0.516. The molecule has 2 aliphatic heterocycles. The molecule has 2 saturated heterocycles. The van der Waals surface area contributed by atoms with E-state index in [9.17, 15) is 4.79 Å². The van der Waals surface area contributed by atoms with Gasteiger partial charge in [0.15, 0.2) is 0 Å². The van der Waals surface area contributed by atoms with E-state index in [1.165, 1.54) is 11.1 Å². The molecule has 0 radical (unpaired) electrons. The van der Waals surface area contributed by atoms with Crippen LogP contribution in [-0.2, 0) is 10.2 Å². The van der Waals surface area contributed by atoms with E-state index in [0.29, 0.717) is 5.02 Å². The lowest BCUT2D eigenvalue weighted by Crippen LogP contribution is -2.34. The predicted octanol–water partition coefficient (Wildman–Crippen LogP) is 5.71. The van der Waals surface area contributed by atoms with E-state index in [2.05, 4.69) is 65.6 Å².